The number of aryl methyl sites for hydroxylation is 1. The summed E-state index contributed by atoms with van der Waals surface area (Å²) in [4.78, 5) is 23.4. The molecule has 0 spiro atoms. The van der Waals surface area contributed by atoms with Crippen LogP contribution >= 0.6 is 11.6 Å². The van der Waals surface area contributed by atoms with Gasteiger partial charge in [-0.05, 0) is 25.5 Å². The van der Waals surface area contributed by atoms with E-state index in [9.17, 15) is 9.59 Å². The fourth-order valence-electron chi connectivity index (χ4n) is 2.53. The van der Waals surface area contributed by atoms with Crippen molar-refractivity contribution in [3.63, 3.8) is 0 Å². The first kappa shape index (κ1) is 18.7. The minimum absolute atomic E-state index is 0.0227. The van der Waals surface area contributed by atoms with E-state index in [-0.39, 0.29) is 11.5 Å². The van der Waals surface area contributed by atoms with Gasteiger partial charge in [-0.15, -0.1) is 0 Å². The van der Waals surface area contributed by atoms with Crippen molar-refractivity contribution in [1.82, 2.24) is 19.6 Å². The summed E-state index contributed by atoms with van der Waals surface area (Å²) >= 11 is 6.19. The molecule has 0 radical (unpaired) electrons. The van der Waals surface area contributed by atoms with Gasteiger partial charge in [0.05, 0.1) is 18.3 Å². The number of aromatic nitrogens is 4. The Morgan fingerprint density at radius 3 is 2.74 bits per heavy atom. The largest absolute Gasteiger partial charge is 0.478 e. The summed E-state index contributed by atoms with van der Waals surface area (Å²) in [5.74, 6) is -1.04. The summed E-state index contributed by atoms with van der Waals surface area (Å²) in [6, 6.07) is 8.57. The van der Waals surface area contributed by atoms with Crippen molar-refractivity contribution in [3.8, 4) is 0 Å². The maximum atomic E-state index is 12.4. The van der Waals surface area contributed by atoms with Crippen molar-refractivity contribution in [1.29, 1.82) is 0 Å². The van der Waals surface area contributed by atoms with Crippen LogP contribution in [0.25, 0.3) is 0 Å². The Morgan fingerprint density at radius 1 is 1.33 bits per heavy atom. The number of anilines is 1. The summed E-state index contributed by atoms with van der Waals surface area (Å²) in [5, 5.41) is 20.7. The number of nitrogens with zero attached hydrogens (tertiary/aromatic N) is 4. The molecule has 2 N–H and O–H groups in total. The molecule has 1 unspecified atom stereocenters. The standard InChI is InChI=1S/C18H18ClN5O3/c1-11-7-16(22-23(11)9-13-5-3-4-6-15(13)19)21-17(25)12(2)24-10-14(8-20-24)18(26)27/h3-8,10,12H,9H2,1-2H3,(H,26,27)(H,21,22,25). The number of carbonyl (C=O) groups excluding carboxylic acids is 1. The maximum Gasteiger partial charge on any atom is 0.338 e. The lowest BCUT2D eigenvalue weighted by Crippen LogP contribution is -2.24. The molecule has 8 nitrogen and oxygen atoms in total. The molecule has 0 fully saturated rings. The Morgan fingerprint density at radius 2 is 2.07 bits per heavy atom. The normalized spacial score (nSPS) is 12.0. The smallest absolute Gasteiger partial charge is 0.338 e. The minimum Gasteiger partial charge on any atom is -0.478 e. The van der Waals surface area contributed by atoms with Crippen LogP contribution in [-0.4, -0.2) is 36.5 Å². The summed E-state index contributed by atoms with van der Waals surface area (Å²) in [5.41, 5.74) is 1.81. The van der Waals surface area contributed by atoms with E-state index in [1.807, 2.05) is 31.2 Å². The van der Waals surface area contributed by atoms with Crippen LogP contribution in [0.1, 0.15) is 34.6 Å². The van der Waals surface area contributed by atoms with Gasteiger partial charge in [-0.1, -0.05) is 29.8 Å². The van der Waals surface area contributed by atoms with Crippen molar-refractivity contribution in [2.45, 2.75) is 26.4 Å². The van der Waals surface area contributed by atoms with Gasteiger partial charge in [0.15, 0.2) is 5.82 Å². The Hall–Kier alpha value is -3.13. The van der Waals surface area contributed by atoms with E-state index in [4.69, 9.17) is 16.7 Å². The summed E-state index contributed by atoms with van der Waals surface area (Å²) < 4.78 is 3.05. The zero-order valence-electron chi connectivity index (χ0n) is 14.8. The van der Waals surface area contributed by atoms with Crippen LogP contribution in [0.2, 0.25) is 5.02 Å². The third kappa shape index (κ3) is 4.17. The summed E-state index contributed by atoms with van der Waals surface area (Å²) in [7, 11) is 0. The molecule has 0 bridgehead atoms. The Bertz CT molecular complexity index is 995. The molecule has 0 aliphatic carbocycles. The number of carboxylic acid groups (broad SMARTS) is 1. The van der Waals surface area contributed by atoms with Crippen LogP contribution in [-0.2, 0) is 11.3 Å². The third-order valence-electron chi connectivity index (χ3n) is 4.14. The molecule has 2 heterocycles. The molecule has 0 saturated carbocycles. The topological polar surface area (TPSA) is 102 Å². The van der Waals surface area contributed by atoms with E-state index < -0.39 is 12.0 Å². The fourth-order valence-corrected chi connectivity index (χ4v) is 2.73. The number of carboxylic acids is 1. The van der Waals surface area contributed by atoms with Crippen LogP contribution < -0.4 is 5.32 Å². The predicted molar refractivity (Wildman–Crippen MR) is 100 cm³/mol. The Kier molecular flexibility index (Phi) is 5.27. The highest BCUT2D eigenvalue weighted by Crippen LogP contribution is 2.19. The van der Waals surface area contributed by atoms with Crippen molar-refractivity contribution in [2.75, 3.05) is 5.32 Å². The van der Waals surface area contributed by atoms with Gasteiger partial charge in [0.2, 0.25) is 5.91 Å². The number of carbonyl (C=O) groups is 2. The predicted octanol–water partition coefficient (Wildman–Crippen LogP) is 2.99. The molecule has 3 aromatic rings. The molecule has 27 heavy (non-hydrogen) atoms. The number of aromatic carboxylic acids is 1. The van der Waals surface area contributed by atoms with E-state index in [2.05, 4.69) is 15.5 Å². The number of halogens is 1. The summed E-state index contributed by atoms with van der Waals surface area (Å²) in [6.45, 7) is 4.00. The molecular formula is C18H18ClN5O3. The maximum absolute atomic E-state index is 12.4. The van der Waals surface area contributed by atoms with Crippen molar-refractivity contribution >= 4 is 29.3 Å². The zero-order chi connectivity index (χ0) is 19.6. The molecule has 0 saturated heterocycles. The average Bonchev–Trinajstić information content (AvgIpc) is 3.24. The Balaban J connectivity index is 1.71. The molecule has 0 aliphatic heterocycles. The second kappa shape index (κ2) is 7.63. The number of amides is 1. The zero-order valence-corrected chi connectivity index (χ0v) is 15.5. The highest BCUT2D eigenvalue weighted by Gasteiger charge is 2.19. The molecular weight excluding hydrogens is 370 g/mol. The van der Waals surface area contributed by atoms with Gasteiger partial charge in [-0.2, -0.15) is 10.2 Å². The fraction of sp³-hybridized carbons (Fsp3) is 0.222. The van der Waals surface area contributed by atoms with Gasteiger partial charge in [-0.25, -0.2) is 4.79 Å². The van der Waals surface area contributed by atoms with E-state index in [1.165, 1.54) is 17.1 Å². The molecule has 140 valence electrons. The molecule has 9 heteroatoms. The summed E-state index contributed by atoms with van der Waals surface area (Å²) in [6.07, 6.45) is 2.52. The molecule has 1 atom stereocenters. The second-order valence-electron chi connectivity index (χ2n) is 6.10. The third-order valence-corrected chi connectivity index (χ3v) is 4.50. The van der Waals surface area contributed by atoms with Gasteiger partial charge in [-0.3, -0.25) is 14.2 Å². The lowest BCUT2D eigenvalue weighted by molar-refractivity contribution is -0.119. The van der Waals surface area contributed by atoms with Gasteiger partial charge in [0.1, 0.15) is 6.04 Å². The van der Waals surface area contributed by atoms with Crippen LogP contribution in [0.3, 0.4) is 0 Å². The number of rotatable bonds is 6. The highest BCUT2D eigenvalue weighted by atomic mass is 35.5. The van der Waals surface area contributed by atoms with Crippen LogP contribution in [0, 0.1) is 6.92 Å². The number of nitrogens with one attached hydrogen (secondary N) is 1. The second-order valence-corrected chi connectivity index (χ2v) is 6.51. The van der Waals surface area contributed by atoms with Gasteiger partial charge >= 0.3 is 5.97 Å². The van der Waals surface area contributed by atoms with E-state index >= 15 is 0 Å². The molecule has 2 aromatic heterocycles. The first-order valence-corrected chi connectivity index (χ1v) is 8.59. The molecule has 1 aromatic carbocycles. The van der Waals surface area contributed by atoms with Gasteiger partial charge in [0.25, 0.3) is 0 Å². The lowest BCUT2D eigenvalue weighted by Gasteiger charge is -2.11. The number of hydrogen-bond donors (Lipinski definition) is 2. The van der Waals surface area contributed by atoms with Crippen LogP contribution in [0.15, 0.2) is 42.7 Å². The van der Waals surface area contributed by atoms with Crippen molar-refractivity contribution < 1.29 is 14.7 Å². The molecule has 3 rings (SSSR count). The quantitative estimate of drug-likeness (QED) is 0.677. The average molecular weight is 388 g/mol. The first-order chi connectivity index (χ1) is 12.8. The van der Waals surface area contributed by atoms with Crippen LogP contribution in [0.5, 0.6) is 0 Å². The minimum atomic E-state index is -1.09. The molecule has 1 amide bonds. The SMILES string of the molecule is Cc1cc(NC(=O)C(C)n2cc(C(=O)O)cn2)nn1Cc1ccccc1Cl. The monoisotopic (exact) mass is 387 g/mol. The van der Waals surface area contributed by atoms with Gasteiger partial charge in [0, 0.05) is 23.0 Å². The highest BCUT2D eigenvalue weighted by molar-refractivity contribution is 6.31. The van der Waals surface area contributed by atoms with E-state index in [1.54, 1.807) is 17.7 Å². The van der Waals surface area contributed by atoms with Crippen LogP contribution in [0.4, 0.5) is 5.82 Å². The van der Waals surface area contributed by atoms with Crippen molar-refractivity contribution in [2.24, 2.45) is 0 Å². The number of benzene rings is 1. The van der Waals surface area contributed by atoms with Gasteiger partial charge < -0.3 is 10.4 Å². The molecule has 0 aliphatic rings. The van der Waals surface area contributed by atoms with Crippen molar-refractivity contribution in [3.05, 3.63) is 64.6 Å². The lowest BCUT2D eigenvalue weighted by atomic mass is 10.2. The Labute approximate surface area is 160 Å². The first-order valence-electron chi connectivity index (χ1n) is 8.21. The van der Waals surface area contributed by atoms with E-state index in [0.717, 1.165) is 11.3 Å². The number of hydrogen-bond acceptors (Lipinski definition) is 4. The van der Waals surface area contributed by atoms with E-state index in [0.29, 0.717) is 17.4 Å².